The lowest BCUT2D eigenvalue weighted by Crippen LogP contribution is -2.37. The molecule has 0 saturated carbocycles. The van der Waals surface area contributed by atoms with Gasteiger partial charge in [-0.2, -0.15) is 4.98 Å². The number of imidazole rings is 1. The molecule has 1 amide bonds. The Morgan fingerprint density at radius 3 is 2.46 bits per heavy atom. The summed E-state index contributed by atoms with van der Waals surface area (Å²) < 4.78 is 3.36. The molecule has 0 atom stereocenters. The molecule has 0 aliphatic carbocycles. The molecular weight excluding hydrogens is 405 g/mol. The molecule has 11 heteroatoms. The highest BCUT2D eigenvalue weighted by molar-refractivity contribution is 6.42. The Kier molecular flexibility index (Phi) is 4.83. The number of hydrogen-bond acceptors (Lipinski definition) is 4. The van der Waals surface area contributed by atoms with Crippen molar-refractivity contribution in [3.63, 3.8) is 0 Å². The number of benzene rings is 1. The fraction of sp³-hybridized carbons (Fsp3) is 0.200. The van der Waals surface area contributed by atoms with Gasteiger partial charge in [-0.1, -0.05) is 23.2 Å². The Bertz CT molecular complexity index is 1160. The molecule has 26 heavy (non-hydrogen) atoms. The van der Waals surface area contributed by atoms with Gasteiger partial charge in [0.25, 0.3) is 5.56 Å². The summed E-state index contributed by atoms with van der Waals surface area (Å²) in [6, 6.07) is 4.63. The topological polar surface area (TPSA) is 90.9 Å². The molecule has 0 aliphatic heterocycles. The van der Waals surface area contributed by atoms with Crippen molar-refractivity contribution < 1.29 is 4.79 Å². The molecular formula is C15H12Cl3N5O3. The van der Waals surface area contributed by atoms with Gasteiger partial charge in [0.15, 0.2) is 11.2 Å². The van der Waals surface area contributed by atoms with Crippen molar-refractivity contribution in [2.45, 2.75) is 6.54 Å². The maximum Gasteiger partial charge on any atom is 0.332 e. The van der Waals surface area contributed by atoms with Crippen LogP contribution in [0.1, 0.15) is 0 Å². The molecule has 0 radical (unpaired) electrons. The first-order valence-electron chi connectivity index (χ1n) is 7.27. The van der Waals surface area contributed by atoms with Gasteiger partial charge in [0.1, 0.15) is 6.54 Å². The van der Waals surface area contributed by atoms with E-state index in [0.29, 0.717) is 15.7 Å². The average Bonchev–Trinajstić information content (AvgIpc) is 2.91. The van der Waals surface area contributed by atoms with Crippen LogP contribution < -0.4 is 16.6 Å². The first-order chi connectivity index (χ1) is 12.2. The Morgan fingerprint density at radius 1 is 1.12 bits per heavy atom. The van der Waals surface area contributed by atoms with Crippen LogP contribution in [0.15, 0.2) is 27.8 Å². The summed E-state index contributed by atoms with van der Waals surface area (Å²) in [4.78, 5) is 40.8. The molecule has 2 heterocycles. The predicted octanol–water partition coefficient (Wildman–Crippen LogP) is 2.03. The maximum atomic E-state index is 12.4. The lowest BCUT2D eigenvalue weighted by molar-refractivity contribution is -0.116. The van der Waals surface area contributed by atoms with Crippen molar-refractivity contribution >= 4 is 57.6 Å². The molecule has 3 rings (SSSR count). The van der Waals surface area contributed by atoms with Crippen LogP contribution in [0.3, 0.4) is 0 Å². The van der Waals surface area contributed by atoms with Crippen LogP contribution in [0.25, 0.3) is 11.2 Å². The molecule has 136 valence electrons. The van der Waals surface area contributed by atoms with E-state index in [9.17, 15) is 14.4 Å². The molecule has 1 N–H and O–H groups in total. The number of nitrogens with one attached hydrogen (secondary N) is 1. The van der Waals surface area contributed by atoms with E-state index in [4.69, 9.17) is 34.8 Å². The smallest absolute Gasteiger partial charge is 0.324 e. The molecule has 0 fully saturated rings. The first kappa shape index (κ1) is 18.5. The highest BCUT2D eigenvalue weighted by Crippen LogP contribution is 2.25. The second-order valence-electron chi connectivity index (χ2n) is 5.52. The minimum atomic E-state index is -0.593. The molecule has 0 saturated heterocycles. The summed E-state index contributed by atoms with van der Waals surface area (Å²) in [5.41, 5.74) is -0.534. The van der Waals surface area contributed by atoms with Gasteiger partial charge in [-0.3, -0.25) is 23.3 Å². The Morgan fingerprint density at radius 2 is 1.81 bits per heavy atom. The van der Waals surface area contributed by atoms with Gasteiger partial charge in [0.2, 0.25) is 11.2 Å². The van der Waals surface area contributed by atoms with Gasteiger partial charge >= 0.3 is 5.69 Å². The van der Waals surface area contributed by atoms with Gasteiger partial charge in [-0.25, -0.2) is 4.79 Å². The largest absolute Gasteiger partial charge is 0.332 e. The number of aryl methyl sites for hydroxylation is 1. The molecule has 0 unspecified atom stereocenters. The van der Waals surface area contributed by atoms with Crippen molar-refractivity contribution in [1.29, 1.82) is 0 Å². The number of carbonyl (C=O) groups excluding carboxylic acids is 1. The van der Waals surface area contributed by atoms with E-state index in [1.165, 1.54) is 29.3 Å². The number of aromatic nitrogens is 4. The van der Waals surface area contributed by atoms with Gasteiger partial charge < -0.3 is 5.32 Å². The summed E-state index contributed by atoms with van der Waals surface area (Å²) in [7, 11) is 2.80. The van der Waals surface area contributed by atoms with Crippen LogP contribution in [-0.2, 0) is 25.4 Å². The standard InChI is InChI=1S/C15H12Cl3N5O3/c1-21-12-11(13(25)22(2)15(21)26)23(14(18)20-12)6-10(24)19-7-3-4-8(16)9(17)5-7/h3-5H,6H2,1-2H3,(H,19,24). The zero-order valence-corrected chi connectivity index (χ0v) is 15.9. The van der Waals surface area contributed by atoms with Crippen LogP contribution in [0.2, 0.25) is 15.3 Å². The number of hydrogen-bond donors (Lipinski definition) is 1. The zero-order valence-electron chi connectivity index (χ0n) is 13.6. The zero-order chi connectivity index (χ0) is 19.2. The van der Waals surface area contributed by atoms with Gasteiger partial charge in [0.05, 0.1) is 10.0 Å². The fourth-order valence-electron chi connectivity index (χ4n) is 2.48. The summed E-state index contributed by atoms with van der Waals surface area (Å²) in [6.07, 6.45) is 0. The van der Waals surface area contributed by atoms with Crippen molar-refractivity contribution in [2.75, 3.05) is 5.32 Å². The van der Waals surface area contributed by atoms with E-state index in [1.807, 2.05) is 0 Å². The normalized spacial score (nSPS) is 11.1. The van der Waals surface area contributed by atoms with Gasteiger partial charge in [-0.15, -0.1) is 0 Å². The highest BCUT2D eigenvalue weighted by atomic mass is 35.5. The number of anilines is 1. The number of amides is 1. The Hall–Kier alpha value is -2.29. The van der Waals surface area contributed by atoms with Crippen molar-refractivity contribution in [3.05, 3.63) is 54.4 Å². The Labute approximate surface area is 161 Å². The molecule has 8 nitrogen and oxygen atoms in total. The fourth-order valence-corrected chi connectivity index (χ4v) is 3.00. The minimum absolute atomic E-state index is 0.0592. The van der Waals surface area contributed by atoms with E-state index in [-0.39, 0.29) is 23.0 Å². The maximum absolute atomic E-state index is 12.4. The number of carbonyl (C=O) groups is 1. The molecule has 0 bridgehead atoms. The highest BCUT2D eigenvalue weighted by Gasteiger charge is 2.19. The van der Waals surface area contributed by atoms with Crippen LogP contribution in [0.5, 0.6) is 0 Å². The molecule has 2 aromatic heterocycles. The summed E-state index contributed by atoms with van der Waals surface area (Å²) in [6.45, 7) is -0.275. The van der Waals surface area contributed by atoms with E-state index < -0.39 is 17.2 Å². The number of nitrogens with zero attached hydrogens (tertiary/aromatic N) is 4. The van der Waals surface area contributed by atoms with Gasteiger partial charge in [0, 0.05) is 19.8 Å². The van der Waals surface area contributed by atoms with Crippen LogP contribution >= 0.6 is 34.8 Å². The Balaban J connectivity index is 1.99. The van der Waals surface area contributed by atoms with Crippen molar-refractivity contribution in [3.8, 4) is 0 Å². The third-order valence-corrected chi connectivity index (χ3v) is 4.83. The summed E-state index contributed by atoms with van der Waals surface area (Å²) in [5.74, 6) is -0.458. The summed E-state index contributed by atoms with van der Waals surface area (Å²) in [5, 5.41) is 3.20. The van der Waals surface area contributed by atoms with Crippen LogP contribution in [0, 0.1) is 0 Å². The van der Waals surface area contributed by atoms with E-state index in [1.54, 1.807) is 12.1 Å². The lowest BCUT2D eigenvalue weighted by atomic mass is 10.3. The lowest BCUT2D eigenvalue weighted by Gasteiger charge is -2.09. The van der Waals surface area contributed by atoms with Crippen molar-refractivity contribution in [2.24, 2.45) is 14.1 Å². The van der Waals surface area contributed by atoms with E-state index >= 15 is 0 Å². The first-order valence-corrected chi connectivity index (χ1v) is 8.40. The second-order valence-corrected chi connectivity index (χ2v) is 6.67. The minimum Gasteiger partial charge on any atom is -0.324 e. The SMILES string of the molecule is Cn1c(=O)c2c(nc(Cl)n2CC(=O)Nc2ccc(Cl)c(Cl)c2)n(C)c1=O. The second kappa shape index (κ2) is 6.79. The monoisotopic (exact) mass is 415 g/mol. The molecule has 1 aromatic carbocycles. The average molecular weight is 417 g/mol. The quantitative estimate of drug-likeness (QED) is 0.662. The predicted molar refractivity (Wildman–Crippen MR) is 100 cm³/mol. The van der Waals surface area contributed by atoms with Crippen LogP contribution in [0.4, 0.5) is 5.69 Å². The third kappa shape index (κ3) is 3.11. The third-order valence-electron chi connectivity index (χ3n) is 3.81. The molecule has 0 spiro atoms. The number of fused-ring (bicyclic) bond motifs is 1. The van der Waals surface area contributed by atoms with Gasteiger partial charge in [-0.05, 0) is 29.8 Å². The van der Waals surface area contributed by atoms with Crippen molar-refractivity contribution in [1.82, 2.24) is 18.7 Å². The van der Waals surface area contributed by atoms with E-state index in [0.717, 1.165) is 4.57 Å². The molecule has 0 aliphatic rings. The van der Waals surface area contributed by atoms with Crippen LogP contribution in [-0.4, -0.2) is 24.6 Å². The van der Waals surface area contributed by atoms with E-state index in [2.05, 4.69) is 10.3 Å². The number of rotatable bonds is 3. The summed E-state index contributed by atoms with van der Waals surface area (Å²) >= 11 is 17.8. The molecule has 3 aromatic rings. The number of halogens is 3.